The van der Waals surface area contributed by atoms with Crippen LogP contribution in [0.5, 0.6) is 0 Å². The fourth-order valence-electron chi connectivity index (χ4n) is 2.87. The molecule has 2 amide bonds. The Labute approximate surface area is 147 Å². The Kier molecular flexibility index (Phi) is 5.45. The average Bonchev–Trinajstić information content (AvgIpc) is 3.41. The lowest BCUT2D eigenvalue weighted by Crippen LogP contribution is -2.35. The van der Waals surface area contributed by atoms with Crippen LogP contribution in [0.1, 0.15) is 48.9 Å². The molecule has 1 saturated carbocycles. The second kappa shape index (κ2) is 7.75. The van der Waals surface area contributed by atoms with Gasteiger partial charge in [-0.05, 0) is 62.2 Å². The van der Waals surface area contributed by atoms with Crippen LogP contribution < -0.4 is 10.6 Å². The largest absolute Gasteiger partial charge is 0.339 e. The standard InChI is InChI=1S/C18H23N3O2S/c22-16(13-5-6-13)20-18(24)19-15-9-7-14(8-10-15)17(23)21-11-3-1-2-4-12-21/h7-10,13H,1-6,11-12H2,(H2,19,20,22,24). The summed E-state index contributed by atoms with van der Waals surface area (Å²) in [6, 6.07) is 7.25. The van der Waals surface area contributed by atoms with Gasteiger partial charge in [0, 0.05) is 30.3 Å². The molecule has 128 valence electrons. The van der Waals surface area contributed by atoms with Crippen molar-refractivity contribution in [3.8, 4) is 0 Å². The molecule has 1 aromatic carbocycles. The Bertz CT molecular complexity index is 618. The number of benzene rings is 1. The van der Waals surface area contributed by atoms with Gasteiger partial charge in [-0.15, -0.1) is 0 Å². The van der Waals surface area contributed by atoms with E-state index in [1.54, 1.807) is 12.1 Å². The number of nitrogens with one attached hydrogen (secondary N) is 2. The van der Waals surface area contributed by atoms with Gasteiger partial charge in [-0.1, -0.05) is 12.8 Å². The van der Waals surface area contributed by atoms with E-state index in [4.69, 9.17) is 12.2 Å². The molecule has 1 heterocycles. The molecule has 2 aliphatic rings. The summed E-state index contributed by atoms with van der Waals surface area (Å²) in [4.78, 5) is 26.1. The molecule has 0 aromatic heterocycles. The SMILES string of the molecule is O=C(NC(=S)Nc1ccc(C(=O)N2CCCCCC2)cc1)C1CC1. The van der Waals surface area contributed by atoms with Gasteiger partial charge < -0.3 is 15.5 Å². The van der Waals surface area contributed by atoms with Gasteiger partial charge in [-0.25, -0.2) is 0 Å². The fraction of sp³-hybridized carbons (Fsp3) is 0.500. The van der Waals surface area contributed by atoms with E-state index in [1.165, 1.54) is 12.8 Å². The van der Waals surface area contributed by atoms with E-state index in [0.717, 1.165) is 44.5 Å². The Morgan fingerprint density at radius 1 is 1.00 bits per heavy atom. The number of hydrogen-bond acceptors (Lipinski definition) is 3. The Morgan fingerprint density at radius 3 is 2.21 bits per heavy atom. The third kappa shape index (κ3) is 4.54. The predicted octanol–water partition coefficient (Wildman–Crippen LogP) is 2.93. The third-order valence-electron chi connectivity index (χ3n) is 4.47. The van der Waals surface area contributed by atoms with Crippen LogP contribution in [-0.4, -0.2) is 34.9 Å². The van der Waals surface area contributed by atoms with Crippen molar-refractivity contribution in [3.05, 3.63) is 29.8 Å². The van der Waals surface area contributed by atoms with Crippen LogP contribution in [0.3, 0.4) is 0 Å². The molecule has 0 unspecified atom stereocenters. The second-order valence-corrected chi connectivity index (χ2v) is 6.91. The first kappa shape index (κ1) is 16.9. The van der Waals surface area contributed by atoms with E-state index in [-0.39, 0.29) is 17.7 Å². The number of rotatable bonds is 3. The van der Waals surface area contributed by atoms with Crippen molar-refractivity contribution in [2.45, 2.75) is 38.5 Å². The van der Waals surface area contributed by atoms with E-state index in [1.807, 2.05) is 17.0 Å². The maximum Gasteiger partial charge on any atom is 0.253 e. The summed E-state index contributed by atoms with van der Waals surface area (Å²) >= 11 is 5.14. The number of anilines is 1. The van der Waals surface area contributed by atoms with Crippen molar-refractivity contribution >= 4 is 34.8 Å². The van der Waals surface area contributed by atoms with E-state index >= 15 is 0 Å². The van der Waals surface area contributed by atoms with Gasteiger partial charge in [-0.2, -0.15) is 0 Å². The van der Waals surface area contributed by atoms with Crippen molar-refractivity contribution in [1.29, 1.82) is 0 Å². The first-order chi connectivity index (χ1) is 11.6. The summed E-state index contributed by atoms with van der Waals surface area (Å²) in [5.74, 6) is 0.201. The maximum absolute atomic E-state index is 12.5. The van der Waals surface area contributed by atoms with E-state index in [2.05, 4.69) is 10.6 Å². The summed E-state index contributed by atoms with van der Waals surface area (Å²) in [5, 5.41) is 5.98. The number of thiocarbonyl (C=S) groups is 1. The van der Waals surface area contributed by atoms with Gasteiger partial charge >= 0.3 is 0 Å². The normalized spacial score (nSPS) is 17.8. The highest BCUT2D eigenvalue weighted by Crippen LogP contribution is 2.28. The molecule has 2 fully saturated rings. The van der Waals surface area contributed by atoms with Crippen LogP contribution in [0.25, 0.3) is 0 Å². The Balaban J connectivity index is 1.55. The highest BCUT2D eigenvalue weighted by molar-refractivity contribution is 7.80. The van der Waals surface area contributed by atoms with Crippen LogP contribution >= 0.6 is 12.2 Å². The van der Waals surface area contributed by atoms with Crippen LogP contribution in [0.15, 0.2) is 24.3 Å². The van der Waals surface area contributed by atoms with Crippen molar-refractivity contribution < 1.29 is 9.59 Å². The van der Waals surface area contributed by atoms with Gasteiger partial charge in [0.25, 0.3) is 5.91 Å². The molecule has 2 N–H and O–H groups in total. The number of likely N-dealkylation sites (tertiary alicyclic amines) is 1. The summed E-state index contributed by atoms with van der Waals surface area (Å²) < 4.78 is 0. The van der Waals surface area contributed by atoms with Crippen LogP contribution in [-0.2, 0) is 4.79 Å². The predicted molar refractivity (Wildman–Crippen MR) is 97.9 cm³/mol. The van der Waals surface area contributed by atoms with Crippen molar-refractivity contribution in [1.82, 2.24) is 10.2 Å². The Hall–Kier alpha value is -1.95. The minimum absolute atomic E-state index is 0.0135. The topological polar surface area (TPSA) is 61.4 Å². The lowest BCUT2D eigenvalue weighted by atomic mass is 10.1. The molecule has 1 aliphatic carbocycles. The second-order valence-electron chi connectivity index (χ2n) is 6.50. The third-order valence-corrected chi connectivity index (χ3v) is 4.67. The number of nitrogens with zero attached hydrogens (tertiary/aromatic N) is 1. The first-order valence-electron chi connectivity index (χ1n) is 8.64. The molecule has 6 heteroatoms. The first-order valence-corrected chi connectivity index (χ1v) is 9.05. The fourth-order valence-corrected chi connectivity index (χ4v) is 3.09. The average molecular weight is 345 g/mol. The zero-order chi connectivity index (χ0) is 16.9. The quantitative estimate of drug-likeness (QED) is 0.827. The van der Waals surface area contributed by atoms with Crippen LogP contribution in [0.4, 0.5) is 5.69 Å². The monoisotopic (exact) mass is 345 g/mol. The molecule has 1 saturated heterocycles. The Morgan fingerprint density at radius 2 is 1.62 bits per heavy atom. The highest BCUT2D eigenvalue weighted by Gasteiger charge is 2.30. The van der Waals surface area contributed by atoms with Crippen LogP contribution in [0.2, 0.25) is 0 Å². The molecular weight excluding hydrogens is 322 g/mol. The molecule has 0 atom stereocenters. The van der Waals surface area contributed by atoms with E-state index in [9.17, 15) is 9.59 Å². The van der Waals surface area contributed by atoms with Gasteiger partial charge in [0.05, 0.1) is 0 Å². The van der Waals surface area contributed by atoms with Gasteiger partial charge in [0.15, 0.2) is 5.11 Å². The maximum atomic E-state index is 12.5. The summed E-state index contributed by atoms with van der Waals surface area (Å²) in [5.41, 5.74) is 1.46. The van der Waals surface area contributed by atoms with Gasteiger partial charge in [0.1, 0.15) is 0 Å². The minimum Gasteiger partial charge on any atom is -0.339 e. The molecule has 0 bridgehead atoms. The lowest BCUT2D eigenvalue weighted by molar-refractivity contribution is -0.120. The lowest BCUT2D eigenvalue weighted by Gasteiger charge is -2.20. The van der Waals surface area contributed by atoms with Gasteiger partial charge in [-0.3, -0.25) is 9.59 Å². The molecule has 1 aliphatic heterocycles. The van der Waals surface area contributed by atoms with Gasteiger partial charge in [0.2, 0.25) is 5.91 Å². The molecule has 0 spiro atoms. The van der Waals surface area contributed by atoms with Crippen LogP contribution in [0, 0.1) is 5.92 Å². The molecule has 5 nitrogen and oxygen atoms in total. The molecule has 1 aromatic rings. The molecular formula is C18H23N3O2S. The highest BCUT2D eigenvalue weighted by atomic mass is 32.1. The van der Waals surface area contributed by atoms with E-state index < -0.39 is 0 Å². The van der Waals surface area contributed by atoms with Crippen molar-refractivity contribution in [2.24, 2.45) is 5.92 Å². The van der Waals surface area contributed by atoms with E-state index in [0.29, 0.717) is 10.7 Å². The smallest absolute Gasteiger partial charge is 0.253 e. The van der Waals surface area contributed by atoms with Crippen molar-refractivity contribution in [2.75, 3.05) is 18.4 Å². The minimum atomic E-state index is -0.0135. The number of hydrogen-bond donors (Lipinski definition) is 2. The number of carbonyl (C=O) groups is 2. The zero-order valence-corrected chi connectivity index (χ0v) is 14.5. The summed E-state index contributed by atoms with van der Waals surface area (Å²) in [6.07, 6.45) is 6.47. The summed E-state index contributed by atoms with van der Waals surface area (Å²) in [7, 11) is 0. The summed E-state index contributed by atoms with van der Waals surface area (Å²) in [6.45, 7) is 1.69. The molecule has 0 radical (unpaired) electrons. The van der Waals surface area contributed by atoms with Crippen molar-refractivity contribution in [3.63, 3.8) is 0 Å². The number of amides is 2. The zero-order valence-electron chi connectivity index (χ0n) is 13.7. The molecule has 24 heavy (non-hydrogen) atoms. The molecule has 3 rings (SSSR count). The number of carbonyl (C=O) groups excluding carboxylic acids is 2.